The van der Waals surface area contributed by atoms with Gasteiger partial charge in [0.15, 0.2) is 0 Å². The summed E-state index contributed by atoms with van der Waals surface area (Å²) in [5.74, 6) is -0.474. The molecule has 2 amide bonds. The van der Waals surface area contributed by atoms with Crippen LogP contribution in [0.3, 0.4) is 0 Å². The molecule has 2 saturated heterocycles. The maximum absolute atomic E-state index is 13.4. The molecule has 0 saturated carbocycles. The number of nitrogens with two attached hydrogens (primary N) is 1. The highest BCUT2D eigenvalue weighted by Gasteiger charge is 2.42. The number of amides is 2. The van der Waals surface area contributed by atoms with Crippen LogP contribution in [-0.4, -0.2) is 82.5 Å². The van der Waals surface area contributed by atoms with Crippen molar-refractivity contribution >= 4 is 17.5 Å². The third kappa shape index (κ3) is 6.23. The number of aromatic nitrogens is 1. The number of likely N-dealkylation sites (tertiary alicyclic amines) is 1. The second kappa shape index (κ2) is 12.0. The van der Waals surface area contributed by atoms with E-state index >= 15 is 0 Å². The lowest BCUT2D eigenvalue weighted by Gasteiger charge is -2.31. The summed E-state index contributed by atoms with van der Waals surface area (Å²) in [5.41, 5.74) is 6.96. The number of hydrogen-bond acceptors (Lipinski definition) is 8. The van der Waals surface area contributed by atoms with Crippen LogP contribution in [0.4, 0.5) is 5.69 Å². The van der Waals surface area contributed by atoms with Gasteiger partial charge in [0.25, 0.3) is 11.6 Å². The first-order valence-corrected chi connectivity index (χ1v) is 12.2. The minimum atomic E-state index is -0.641. The molecule has 0 radical (unpaired) electrons. The van der Waals surface area contributed by atoms with Crippen LogP contribution in [0.2, 0.25) is 0 Å². The number of nitro benzene ring substituents is 1. The Morgan fingerprint density at radius 1 is 1.28 bits per heavy atom. The highest BCUT2D eigenvalue weighted by Crippen LogP contribution is 2.28. The van der Waals surface area contributed by atoms with E-state index in [2.05, 4.69) is 15.2 Å². The van der Waals surface area contributed by atoms with E-state index in [0.717, 1.165) is 25.0 Å². The van der Waals surface area contributed by atoms with Crippen LogP contribution >= 0.6 is 0 Å². The number of rotatable bonds is 10. The summed E-state index contributed by atoms with van der Waals surface area (Å²) in [7, 11) is 0. The van der Waals surface area contributed by atoms with E-state index < -0.39 is 11.0 Å². The third-order valence-corrected chi connectivity index (χ3v) is 6.71. The quantitative estimate of drug-likeness (QED) is 0.370. The zero-order valence-electron chi connectivity index (χ0n) is 20.1. The molecule has 0 spiro atoms. The molecule has 3 unspecified atom stereocenters. The Morgan fingerprint density at radius 3 is 2.72 bits per heavy atom. The van der Waals surface area contributed by atoms with E-state index in [9.17, 15) is 19.7 Å². The van der Waals surface area contributed by atoms with Crippen molar-refractivity contribution in [3.8, 4) is 0 Å². The molecule has 3 heterocycles. The van der Waals surface area contributed by atoms with E-state index in [1.54, 1.807) is 35.4 Å². The summed E-state index contributed by atoms with van der Waals surface area (Å²) >= 11 is 0. The maximum Gasteiger partial charge on any atom is 0.269 e. The molecule has 2 aliphatic rings. The minimum Gasteiger partial charge on any atom is -0.377 e. The van der Waals surface area contributed by atoms with Gasteiger partial charge >= 0.3 is 0 Å². The first-order valence-electron chi connectivity index (χ1n) is 12.2. The normalized spacial score (nSPS) is 21.6. The smallest absolute Gasteiger partial charge is 0.269 e. The summed E-state index contributed by atoms with van der Waals surface area (Å²) in [4.78, 5) is 45.0. The Kier molecular flexibility index (Phi) is 8.57. The number of non-ortho nitro benzene ring substituents is 1. The van der Waals surface area contributed by atoms with Gasteiger partial charge in [0, 0.05) is 69.9 Å². The molecule has 1 aromatic heterocycles. The van der Waals surface area contributed by atoms with E-state index in [1.807, 2.05) is 0 Å². The molecule has 0 aliphatic carbocycles. The molecule has 11 heteroatoms. The van der Waals surface area contributed by atoms with Crippen molar-refractivity contribution in [2.75, 3.05) is 32.8 Å². The Hall–Kier alpha value is -3.41. The number of hydrogen-bond donors (Lipinski definition) is 2. The third-order valence-electron chi connectivity index (χ3n) is 6.71. The maximum atomic E-state index is 13.4. The lowest BCUT2D eigenvalue weighted by molar-refractivity contribution is -0.384. The molecule has 2 aliphatic heterocycles. The zero-order chi connectivity index (χ0) is 25.5. The van der Waals surface area contributed by atoms with Gasteiger partial charge in [0.05, 0.1) is 16.6 Å². The van der Waals surface area contributed by atoms with Crippen molar-refractivity contribution in [1.29, 1.82) is 0 Å². The highest BCUT2D eigenvalue weighted by atomic mass is 16.6. The van der Waals surface area contributed by atoms with Gasteiger partial charge in [0.1, 0.15) is 6.04 Å². The number of carbonyl (C=O) groups excluding carboxylic acids is 2. The number of benzene rings is 1. The van der Waals surface area contributed by atoms with E-state index in [0.29, 0.717) is 44.7 Å². The van der Waals surface area contributed by atoms with Gasteiger partial charge in [-0.2, -0.15) is 0 Å². The number of carbonyl (C=O) groups is 2. The van der Waals surface area contributed by atoms with Crippen molar-refractivity contribution in [1.82, 2.24) is 20.1 Å². The van der Waals surface area contributed by atoms with Gasteiger partial charge in [-0.3, -0.25) is 29.6 Å². The van der Waals surface area contributed by atoms with Gasteiger partial charge < -0.3 is 20.7 Å². The van der Waals surface area contributed by atoms with Crippen molar-refractivity contribution in [2.45, 2.75) is 44.0 Å². The standard InChI is InChI=1S/C25H32N6O5/c26-9-11-28-24(32)23-13-21(16-30(23)25(33)19-3-1-10-27-14-19)29(17-22-4-2-12-36-22)15-18-5-7-20(8-6-18)31(34)35/h1,3,5-8,10,14,21-23H,2,4,9,11-13,15-17,26H2,(H,28,32). The summed E-state index contributed by atoms with van der Waals surface area (Å²) in [6, 6.07) is 9.14. The molecule has 3 atom stereocenters. The van der Waals surface area contributed by atoms with Gasteiger partial charge in [-0.25, -0.2) is 0 Å². The number of ether oxygens (including phenoxy) is 1. The molecular weight excluding hydrogens is 464 g/mol. The number of pyridine rings is 1. The Bertz CT molecular complexity index is 1040. The number of nitrogens with zero attached hydrogens (tertiary/aromatic N) is 4. The lowest BCUT2D eigenvalue weighted by Crippen LogP contribution is -2.47. The average Bonchev–Trinajstić information content (AvgIpc) is 3.58. The van der Waals surface area contributed by atoms with Gasteiger partial charge in [-0.05, 0) is 37.0 Å². The zero-order valence-corrected chi connectivity index (χ0v) is 20.1. The fraction of sp³-hybridized carbons (Fsp3) is 0.480. The van der Waals surface area contributed by atoms with Crippen LogP contribution in [-0.2, 0) is 16.1 Å². The fourth-order valence-corrected chi connectivity index (χ4v) is 4.87. The molecule has 0 bridgehead atoms. The molecule has 36 heavy (non-hydrogen) atoms. The van der Waals surface area contributed by atoms with Crippen LogP contribution in [0.1, 0.15) is 35.2 Å². The monoisotopic (exact) mass is 496 g/mol. The van der Waals surface area contributed by atoms with E-state index in [-0.39, 0.29) is 29.6 Å². The largest absolute Gasteiger partial charge is 0.377 e. The van der Waals surface area contributed by atoms with Crippen LogP contribution in [0.5, 0.6) is 0 Å². The Morgan fingerprint density at radius 2 is 2.08 bits per heavy atom. The molecule has 2 fully saturated rings. The molecule has 1 aromatic carbocycles. The van der Waals surface area contributed by atoms with Crippen LogP contribution in [0.25, 0.3) is 0 Å². The molecule has 11 nitrogen and oxygen atoms in total. The Labute approximate surface area is 209 Å². The van der Waals surface area contributed by atoms with Crippen LogP contribution in [0, 0.1) is 10.1 Å². The van der Waals surface area contributed by atoms with Crippen molar-refractivity contribution < 1.29 is 19.2 Å². The van der Waals surface area contributed by atoms with Crippen LogP contribution in [0.15, 0.2) is 48.8 Å². The Balaban J connectivity index is 1.57. The van der Waals surface area contributed by atoms with Crippen molar-refractivity contribution in [3.05, 3.63) is 70.0 Å². The van der Waals surface area contributed by atoms with Gasteiger partial charge in [-0.1, -0.05) is 12.1 Å². The first-order chi connectivity index (χ1) is 17.5. The second-order valence-corrected chi connectivity index (χ2v) is 9.17. The minimum absolute atomic E-state index is 0.0372. The van der Waals surface area contributed by atoms with Crippen molar-refractivity contribution in [2.24, 2.45) is 5.73 Å². The molecular formula is C25H32N6O5. The summed E-state index contributed by atoms with van der Waals surface area (Å²) in [5, 5.41) is 13.9. The molecule has 2 aromatic rings. The van der Waals surface area contributed by atoms with Crippen LogP contribution < -0.4 is 11.1 Å². The topological polar surface area (TPSA) is 144 Å². The summed E-state index contributed by atoms with van der Waals surface area (Å²) in [6.07, 6.45) is 5.57. The lowest BCUT2D eigenvalue weighted by atomic mass is 10.1. The van der Waals surface area contributed by atoms with Gasteiger partial charge in [0.2, 0.25) is 5.91 Å². The first kappa shape index (κ1) is 25.7. The fourth-order valence-electron chi connectivity index (χ4n) is 4.87. The number of nitro groups is 1. The SMILES string of the molecule is NCCNC(=O)C1CC(N(Cc2ccc([N+](=O)[O-])cc2)CC2CCCO2)CN1C(=O)c1cccnc1. The van der Waals surface area contributed by atoms with E-state index in [4.69, 9.17) is 10.5 Å². The summed E-state index contributed by atoms with van der Waals surface area (Å²) < 4.78 is 5.89. The van der Waals surface area contributed by atoms with Gasteiger partial charge in [-0.15, -0.1) is 0 Å². The van der Waals surface area contributed by atoms with E-state index in [1.165, 1.54) is 18.3 Å². The molecule has 4 rings (SSSR count). The number of nitrogens with one attached hydrogen (secondary N) is 1. The highest BCUT2D eigenvalue weighted by molar-refractivity contribution is 5.97. The summed E-state index contributed by atoms with van der Waals surface area (Å²) in [6.45, 7) is 2.90. The second-order valence-electron chi connectivity index (χ2n) is 9.17. The van der Waals surface area contributed by atoms with Crippen molar-refractivity contribution in [3.63, 3.8) is 0 Å². The molecule has 192 valence electrons. The predicted molar refractivity (Wildman–Crippen MR) is 132 cm³/mol. The average molecular weight is 497 g/mol. The molecule has 3 N–H and O–H groups in total. The predicted octanol–water partition coefficient (Wildman–Crippen LogP) is 1.33.